The third-order valence-corrected chi connectivity index (χ3v) is 4.39. The maximum absolute atomic E-state index is 12.1. The van der Waals surface area contributed by atoms with Crippen molar-refractivity contribution in [2.24, 2.45) is 0 Å². The third-order valence-electron chi connectivity index (χ3n) is 3.39. The molecule has 1 aromatic heterocycles. The Labute approximate surface area is 110 Å². The summed E-state index contributed by atoms with van der Waals surface area (Å²) in [6.07, 6.45) is 3.50. The molecule has 1 heterocycles. The van der Waals surface area contributed by atoms with Crippen LogP contribution in [0.15, 0.2) is 12.1 Å². The van der Waals surface area contributed by atoms with Gasteiger partial charge in [-0.05, 0) is 31.9 Å². The highest BCUT2D eigenvalue weighted by Crippen LogP contribution is 2.33. The van der Waals surface area contributed by atoms with E-state index < -0.39 is 11.5 Å². The van der Waals surface area contributed by atoms with E-state index in [9.17, 15) is 9.59 Å². The molecule has 1 aliphatic rings. The van der Waals surface area contributed by atoms with Crippen LogP contribution < -0.4 is 5.32 Å². The molecule has 5 heteroatoms. The lowest BCUT2D eigenvalue weighted by Gasteiger charge is -2.28. The maximum Gasteiger partial charge on any atom is 0.305 e. The first kappa shape index (κ1) is 13.1. The average molecular weight is 267 g/mol. The molecule has 0 radical (unpaired) electrons. The molecule has 98 valence electrons. The van der Waals surface area contributed by atoms with Crippen molar-refractivity contribution in [3.63, 3.8) is 0 Å². The molecular weight excluding hydrogens is 250 g/mol. The predicted molar refractivity (Wildman–Crippen MR) is 70.0 cm³/mol. The second-order valence-corrected chi connectivity index (χ2v) is 6.21. The Balaban J connectivity index is 2.09. The summed E-state index contributed by atoms with van der Waals surface area (Å²) in [5, 5.41) is 11.9. The van der Waals surface area contributed by atoms with Crippen molar-refractivity contribution in [1.29, 1.82) is 0 Å². The second-order valence-electron chi connectivity index (χ2n) is 4.92. The fourth-order valence-electron chi connectivity index (χ4n) is 2.55. The van der Waals surface area contributed by atoms with Crippen LogP contribution in [0.25, 0.3) is 0 Å². The topological polar surface area (TPSA) is 66.4 Å². The molecule has 0 saturated heterocycles. The molecule has 18 heavy (non-hydrogen) atoms. The van der Waals surface area contributed by atoms with E-state index in [1.165, 1.54) is 11.3 Å². The van der Waals surface area contributed by atoms with E-state index in [4.69, 9.17) is 5.11 Å². The minimum absolute atomic E-state index is 0.0170. The Bertz CT molecular complexity index is 461. The van der Waals surface area contributed by atoms with Crippen LogP contribution in [0.2, 0.25) is 0 Å². The van der Waals surface area contributed by atoms with Crippen LogP contribution in [0.5, 0.6) is 0 Å². The van der Waals surface area contributed by atoms with Gasteiger partial charge in [0.05, 0.1) is 16.8 Å². The van der Waals surface area contributed by atoms with Crippen LogP contribution in [-0.2, 0) is 4.79 Å². The van der Waals surface area contributed by atoms with E-state index in [2.05, 4.69) is 5.32 Å². The molecule has 0 unspecified atom stereocenters. The van der Waals surface area contributed by atoms with Crippen molar-refractivity contribution >= 4 is 23.2 Å². The molecule has 0 bridgehead atoms. The summed E-state index contributed by atoms with van der Waals surface area (Å²) in [6, 6.07) is 3.69. The van der Waals surface area contributed by atoms with Crippen LogP contribution in [-0.4, -0.2) is 22.5 Å². The number of carboxylic acids is 1. The fourth-order valence-corrected chi connectivity index (χ4v) is 3.31. The van der Waals surface area contributed by atoms with Gasteiger partial charge in [0, 0.05) is 4.88 Å². The molecule has 1 amide bonds. The van der Waals surface area contributed by atoms with Crippen molar-refractivity contribution in [3.05, 3.63) is 21.9 Å². The summed E-state index contributed by atoms with van der Waals surface area (Å²) in [7, 11) is 0. The summed E-state index contributed by atoms with van der Waals surface area (Å²) in [4.78, 5) is 24.8. The third kappa shape index (κ3) is 2.90. The lowest BCUT2D eigenvalue weighted by atomic mass is 9.93. The number of thiophene rings is 1. The Morgan fingerprint density at radius 2 is 2.06 bits per heavy atom. The molecule has 1 fully saturated rings. The Morgan fingerprint density at radius 1 is 1.39 bits per heavy atom. The normalized spacial score (nSPS) is 17.6. The number of rotatable bonds is 4. The Hall–Kier alpha value is -1.36. The van der Waals surface area contributed by atoms with Gasteiger partial charge >= 0.3 is 5.97 Å². The van der Waals surface area contributed by atoms with E-state index in [0.29, 0.717) is 4.88 Å². The number of aliphatic carboxylic acids is 1. The highest BCUT2D eigenvalue weighted by atomic mass is 32.1. The van der Waals surface area contributed by atoms with E-state index in [1.54, 1.807) is 6.07 Å². The highest BCUT2D eigenvalue weighted by Gasteiger charge is 2.37. The van der Waals surface area contributed by atoms with Crippen molar-refractivity contribution in [1.82, 2.24) is 5.32 Å². The first-order chi connectivity index (χ1) is 8.51. The van der Waals surface area contributed by atoms with Crippen molar-refractivity contribution in [2.75, 3.05) is 0 Å². The number of hydrogen-bond acceptors (Lipinski definition) is 3. The standard InChI is InChI=1S/C13H17NO3S/c1-9-4-5-10(18-9)12(17)14-13(8-11(15)16)6-2-3-7-13/h4-5H,2-3,6-8H2,1H3,(H,14,17)(H,15,16). The number of carbonyl (C=O) groups excluding carboxylic acids is 1. The molecule has 0 spiro atoms. The second kappa shape index (κ2) is 5.10. The van der Waals surface area contributed by atoms with Gasteiger partial charge in [-0.3, -0.25) is 9.59 Å². The van der Waals surface area contributed by atoms with Gasteiger partial charge < -0.3 is 10.4 Å². The van der Waals surface area contributed by atoms with Crippen molar-refractivity contribution in [3.8, 4) is 0 Å². The summed E-state index contributed by atoms with van der Waals surface area (Å²) in [5.74, 6) is -0.990. The van der Waals surface area contributed by atoms with E-state index in [0.717, 1.165) is 30.6 Å². The van der Waals surface area contributed by atoms with Crippen LogP contribution in [0.4, 0.5) is 0 Å². The van der Waals surface area contributed by atoms with Gasteiger partial charge in [-0.15, -0.1) is 11.3 Å². The Morgan fingerprint density at radius 3 is 2.56 bits per heavy atom. The zero-order valence-electron chi connectivity index (χ0n) is 10.4. The molecule has 1 aromatic rings. The van der Waals surface area contributed by atoms with Gasteiger partial charge in [0.2, 0.25) is 0 Å². The largest absolute Gasteiger partial charge is 0.481 e. The Kier molecular flexibility index (Phi) is 3.71. The van der Waals surface area contributed by atoms with Crippen molar-refractivity contribution < 1.29 is 14.7 Å². The number of amides is 1. The lowest BCUT2D eigenvalue weighted by Crippen LogP contribution is -2.47. The monoisotopic (exact) mass is 267 g/mol. The first-order valence-corrected chi connectivity index (χ1v) is 6.93. The smallest absolute Gasteiger partial charge is 0.305 e. The minimum atomic E-state index is -0.848. The first-order valence-electron chi connectivity index (χ1n) is 6.12. The molecule has 2 rings (SSSR count). The van der Waals surface area contributed by atoms with Gasteiger partial charge in [-0.1, -0.05) is 12.8 Å². The van der Waals surface area contributed by atoms with Gasteiger partial charge in [0.25, 0.3) is 5.91 Å². The molecule has 1 saturated carbocycles. The molecular formula is C13H17NO3S. The minimum Gasteiger partial charge on any atom is -0.481 e. The van der Waals surface area contributed by atoms with Crippen LogP contribution in [0, 0.1) is 6.92 Å². The summed E-state index contributed by atoms with van der Waals surface area (Å²) < 4.78 is 0. The van der Waals surface area contributed by atoms with Crippen LogP contribution >= 0.6 is 11.3 Å². The zero-order chi connectivity index (χ0) is 13.2. The molecule has 4 nitrogen and oxygen atoms in total. The molecule has 0 aliphatic heterocycles. The van der Waals surface area contributed by atoms with Gasteiger partial charge in [-0.25, -0.2) is 0 Å². The number of hydrogen-bond donors (Lipinski definition) is 2. The maximum atomic E-state index is 12.1. The summed E-state index contributed by atoms with van der Waals surface area (Å²) in [5.41, 5.74) is -0.541. The van der Waals surface area contributed by atoms with Crippen LogP contribution in [0.1, 0.15) is 46.7 Å². The number of carbonyl (C=O) groups is 2. The molecule has 1 aliphatic carbocycles. The SMILES string of the molecule is Cc1ccc(C(=O)NC2(CC(=O)O)CCCC2)s1. The number of carboxylic acid groups (broad SMARTS) is 1. The van der Waals surface area contributed by atoms with E-state index in [1.807, 2.05) is 13.0 Å². The number of aryl methyl sites for hydroxylation is 1. The fraction of sp³-hybridized carbons (Fsp3) is 0.538. The van der Waals surface area contributed by atoms with Crippen LogP contribution in [0.3, 0.4) is 0 Å². The van der Waals surface area contributed by atoms with Gasteiger partial charge in [-0.2, -0.15) is 0 Å². The van der Waals surface area contributed by atoms with Gasteiger partial charge in [0.15, 0.2) is 0 Å². The summed E-state index contributed by atoms with van der Waals surface area (Å²) in [6.45, 7) is 1.95. The molecule has 0 atom stereocenters. The zero-order valence-corrected chi connectivity index (χ0v) is 11.2. The summed E-state index contributed by atoms with van der Waals surface area (Å²) >= 11 is 1.44. The predicted octanol–water partition coefficient (Wildman–Crippen LogP) is 2.57. The van der Waals surface area contributed by atoms with E-state index >= 15 is 0 Å². The quantitative estimate of drug-likeness (QED) is 0.881. The molecule has 0 aromatic carbocycles. The average Bonchev–Trinajstić information content (AvgIpc) is 2.87. The number of nitrogens with one attached hydrogen (secondary N) is 1. The highest BCUT2D eigenvalue weighted by molar-refractivity contribution is 7.13. The molecule has 2 N–H and O–H groups in total. The lowest BCUT2D eigenvalue weighted by molar-refractivity contribution is -0.138. The van der Waals surface area contributed by atoms with Gasteiger partial charge in [0.1, 0.15) is 0 Å². The van der Waals surface area contributed by atoms with E-state index in [-0.39, 0.29) is 12.3 Å². The van der Waals surface area contributed by atoms with Crippen molar-refractivity contribution in [2.45, 2.75) is 44.6 Å².